The fourth-order valence-electron chi connectivity index (χ4n) is 2.49. The molecule has 2 heterocycles. The molecule has 1 aliphatic rings. The lowest BCUT2D eigenvalue weighted by Gasteiger charge is -2.09. The van der Waals surface area contributed by atoms with Gasteiger partial charge in [-0.05, 0) is 17.7 Å². The van der Waals surface area contributed by atoms with Gasteiger partial charge in [0.05, 0.1) is 16.3 Å². The summed E-state index contributed by atoms with van der Waals surface area (Å²) in [5.41, 5.74) is 1.61. The molecule has 3 rings (SSSR count). The Morgan fingerprint density at radius 3 is 2.88 bits per heavy atom. The van der Waals surface area contributed by atoms with Crippen molar-refractivity contribution in [3.8, 4) is 0 Å². The Morgan fingerprint density at radius 1 is 1.44 bits per heavy atom. The van der Waals surface area contributed by atoms with Crippen molar-refractivity contribution in [2.24, 2.45) is 7.05 Å². The van der Waals surface area contributed by atoms with Crippen molar-refractivity contribution in [1.29, 1.82) is 0 Å². The highest BCUT2D eigenvalue weighted by Crippen LogP contribution is 2.33. The van der Waals surface area contributed by atoms with Crippen molar-refractivity contribution in [2.75, 3.05) is 5.75 Å². The van der Waals surface area contributed by atoms with E-state index in [2.05, 4.69) is 17.2 Å². The van der Waals surface area contributed by atoms with Crippen LogP contribution in [0.5, 0.6) is 0 Å². The lowest BCUT2D eigenvalue weighted by molar-refractivity contribution is -0.118. The largest absolute Gasteiger partial charge is 0.351 e. The zero-order valence-electron chi connectivity index (χ0n) is 13.9. The van der Waals surface area contributed by atoms with Crippen LogP contribution in [0.4, 0.5) is 4.39 Å². The third kappa shape index (κ3) is 4.24. The second-order valence-corrected chi connectivity index (χ2v) is 8.25. The van der Waals surface area contributed by atoms with Gasteiger partial charge in [0.2, 0.25) is 5.91 Å². The van der Waals surface area contributed by atoms with Gasteiger partial charge in [0, 0.05) is 25.3 Å². The van der Waals surface area contributed by atoms with Crippen LogP contribution >= 0.6 is 23.5 Å². The summed E-state index contributed by atoms with van der Waals surface area (Å²) in [6.45, 7) is 2.41. The summed E-state index contributed by atoms with van der Waals surface area (Å²) in [7, 11) is 1.68. The molecule has 0 unspecified atom stereocenters. The van der Waals surface area contributed by atoms with Gasteiger partial charge in [-0.25, -0.2) is 9.37 Å². The van der Waals surface area contributed by atoms with E-state index in [9.17, 15) is 14.0 Å². The quantitative estimate of drug-likeness (QED) is 0.638. The molecule has 132 valence electrons. The average molecular weight is 379 g/mol. The van der Waals surface area contributed by atoms with Crippen LogP contribution in [-0.2, 0) is 24.8 Å². The molecule has 1 aromatic heterocycles. The third-order valence-corrected chi connectivity index (χ3v) is 6.06. The van der Waals surface area contributed by atoms with Gasteiger partial charge in [-0.2, -0.15) is 0 Å². The van der Waals surface area contributed by atoms with Gasteiger partial charge < -0.3 is 5.32 Å². The van der Waals surface area contributed by atoms with Crippen LogP contribution in [0.25, 0.3) is 0 Å². The summed E-state index contributed by atoms with van der Waals surface area (Å²) < 4.78 is 14.4. The predicted molar refractivity (Wildman–Crippen MR) is 97.5 cm³/mol. The van der Waals surface area contributed by atoms with Gasteiger partial charge in [0.1, 0.15) is 5.82 Å². The first kappa shape index (κ1) is 18.0. The Bertz CT molecular complexity index is 852. The van der Waals surface area contributed by atoms with E-state index in [-0.39, 0.29) is 23.0 Å². The molecular weight excluding hydrogens is 361 g/mol. The summed E-state index contributed by atoms with van der Waals surface area (Å²) in [6, 6.07) is 5.99. The molecule has 1 amide bonds. The molecule has 0 fully saturated rings. The number of aromatic nitrogens is 2. The standard InChI is InChI=1S/C17H18FN3O2S2/c1-10-7-13-15(25-10)16(23)21(2)17(20-13)24-9-14(22)19-8-11-3-5-12(18)6-4-11/h3-6,10H,7-9H2,1-2H3,(H,19,22)/t10-/m1/s1. The molecule has 5 nitrogen and oxygen atoms in total. The van der Waals surface area contributed by atoms with E-state index < -0.39 is 0 Å². The van der Waals surface area contributed by atoms with Gasteiger partial charge in [-0.1, -0.05) is 30.8 Å². The maximum atomic E-state index is 12.9. The van der Waals surface area contributed by atoms with Crippen molar-refractivity contribution >= 4 is 29.4 Å². The number of fused-ring (bicyclic) bond motifs is 1. The third-order valence-electron chi connectivity index (χ3n) is 3.81. The normalized spacial score (nSPS) is 15.9. The summed E-state index contributed by atoms with van der Waals surface area (Å²) in [4.78, 5) is 29.7. The molecule has 1 aromatic carbocycles. The lowest BCUT2D eigenvalue weighted by atomic mass is 10.2. The van der Waals surface area contributed by atoms with Crippen molar-refractivity contribution in [3.63, 3.8) is 0 Å². The zero-order valence-corrected chi connectivity index (χ0v) is 15.5. The van der Waals surface area contributed by atoms with Crippen LogP contribution in [0.1, 0.15) is 18.2 Å². The molecule has 1 atom stereocenters. The van der Waals surface area contributed by atoms with Gasteiger partial charge in [-0.3, -0.25) is 14.2 Å². The lowest BCUT2D eigenvalue weighted by Crippen LogP contribution is -2.26. The number of carbonyl (C=O) groups is 1. The number of nitrogens with zero attached hydrogens (tertiary/aromatic N) is 2. The van der Waals surface area contributed by atoms with E-state index in [1.165, 1.54) is 28.5 Å². The molecule has 1 aliphatic heterocycles. The number of benzene rings is 1. The number of hydrogen-bond acceptors (Lipinski definition) is 5. The molecule has 0 saturated carbocycles. The van der Waals surface area contributed by atoms with E-state index in [1.54, 1.807) is 30.9 Å². The summed E-state index contributed by atoms with van der Waals surface area (Å²) in [5, 5.41) is 3.69. The fraction of sp³-hybridized carbons (Fsp3) is 0.353. The Balaban J connectivity index is 1.59. The maximum Gasteiger partial charge on any atom is 0.267 e. The summed E-state index contributed by atoms with van der Waals surface area (Å²) in [6.07, 6.45) is 0.778. The molecule has 0 spiro atoms. The van der Waals surface area contributed by atoms with Crippen LogP contribution < -0.4 is 10.9 Å². The number of rotatable bonds is 5. The molecule has 0 bridgehead atoms. The van der Waals surface area contributed by atoms with Crippen LogP contribution in [0.2, 0.25) is 0 Å². The molecule has 25 heavy (non-hydrogen) atoms. The topological polar surface area (TPSA) is 64.0 Å². The van der Waals surface area contributed by atoms with E-state index in [4.69, 9.17) is 0 Å². The van der Waals surface area contributed by atoms with E-state index >= 15 is 0 Å². The summed E-state index contributed by atoms with van der Waals surface area (Å²) >= 11 is 2.81. The SMILES string of the molecule is C[C@@H]1Cc2nc(SCC(=O)NCc3ccc(F)cc3)n(C)c(=O)c2S1. The molecule has 2 aromatic rings. The number of nitrogens with one attached hydrogen (secondary N) is 1. The van der Waals surface area contributed by atoms with Crippen LogP contribution in [-0.4, -0.2) is 26.5 Å². The maximum absolute atomic E-state index is 12.9. The number of thioether (sulfide) groups is 2. The first-order valence-corrected chi connectivity index (χ1v) is 9.71. The van der Waals surface area contributed by atoms with E-state index in [0.717, 1.165) is 22.6 Å². The number of hydrogen-bond donors (Lipinski definition) is 1. The highest BCUT2D eigenvalue weighted by molar-refractivity contribution is 8.00. The predicted octanol–water partition coefficient (Wildman–Crippen LogP) is 2.36. The van der Waals surface area contributed by atoms with Crippen molar-refractivity contribution < 1.29 is 9.18 Å². The Kier molecular flexibility index (Phi) is 5.48. The minimum absolute atomic E-state index is 0.0476. The molecular formula is C17H18FN3O2S2. The van der Waals surface area contributed by atoms with Gasteiger partial charge in [0.15, 0.2) is 5.16 Å². The van der Waals surface area contributed by atoms with Crippen LogP contribution in [0.15, 0.2) is 39.1 Å². The highest BCUT2D eigenvalue weighted by Gasteiger charge is 2.25. The molecule has 0 saturated heterocycles. The first-order valence-electron chi connectivity index (χ1n) is 7.84. The second kappa shape index (κ2) is 7.61. The number of halogens is 1. The minimum Gasteiger partial charge on any atom is -0.351 e. The second-order valence-electron chi connectivity index (χ2n) is 5.86. The monoisotopic (exact) mass is 379 g/mol. The van der Waals surface area contributed by atoms with Crippen LogP contribution in [0.3, 0.4) is 0 Å². The smallest absolute Gasteiger partial charge is 0.267 e. The average Bonchev–Trinajstić information content (AvgIpc) is 2.97. The van der Waals surface area contributed by atoms with E-state index in [0.29, 0.717) is 17.0 Å². The van der Waals surface area contributed by atoms with Crippen molar-refractivity contribution in [2.45, 2.75) is 35.2 Å². The summed E-state index contributed by atoms with van der Waals surface area (Å²) in [5.74, 6) is -0.295. The van der Waals surface area contributed by atoms with Crippen molar-refractivity contribution in [1.82, 2.24) is 14.9 Å². The molecule has 8 heteroatoms. The van der Waals surface area contributed by atoms with Gasteiger partial charge >= 0.3 is 0 Å². The van der Waals surface area contributed by atoms with Crippen LogP contribution in [0, 0.1) is 5.82 Å². The van der Waals surface area contributed by atoms with Crippen molar-refractivity contribution in [3.05, 3.63) is 51.7 Å². The number of amides is 1. The van der Waals surface area contributed by atoms with Gasteiger partial charge in [0.25, 0.3) is 5.56 Å². The molecule has 0 aliphatic carbocycles. The Labute approximate surface area is 153 Å². The highest BCUT2D eigenvalue weighted by atomic mass is 32.2. The Hall–Kier alpha value is -1.80. The van der Waals surface area contributed by atoms with Gasteiger partial charge in [-0.15, -0.1) is 11.8 Å². The molecule has 1 N–H and O–H groups in total. The first-order chi connectivity index (χ1) is 11.9. The zero-order chi connectivity index (χ0) is 18.0. The minimum atomic E-state index is -0.304. The van der Waals surface area contributed by atoms with E-state index in [1.807, 2.05) is 0 Å². The fourth-order valence-corrected chi connectivity index (χ4v) is 4.45. The Morgan fingerprint density at radius 2 is 2.16 bits per heavy atom. The number of carbonyl (C=O) groups excluding carboxylic acids is 1. The molecule has 0 radical (unpaired) electrons.